The first-order valence-corrected chi connectivity index (χ1v) is 7.78. The number of hydrogen-bond donors (Lipinski definition) is 1. The number of hydrogen-bond acceptors (Lipinski definition) is 4. The Morgan fingerprint density at radius 3 is 2.83 bits per heavy atom. The van der Waals surface area contributed by atoms with E-state index in [1.54, 1.807) is 6.07 Å². The first kappa shape index (κ1) is 15.4. The van der Waals surface area contributed by atoms with Crippen molar-refractivity contribution in [2.75, 3.05) is 5.32 Å². The van der Waals surface area contributed by atoms with Crippen molar-refractivity contribution < 1.29 is 9.18 Å². The van der Waals surface area contributed by atoms with Gasteiger partial charge in [-0.3, -0.25) is 14.2 Å². The van der Waals surface area contributed by atoms with Gasteiger partial charge in [0.05, 0.1) is 17.4 Å². The lowest BCUT2D eigenvalue weighted by molar-refractivity contribution is -0.116. The maximum Gasteiger partial charge on any atom is 0.262 e. The average molecular weight is 331 g/mol. The Bertz CT molecular complexity index is 962. The van der Waals surface area contributed by atoms with E-state index in [-0.39, 0.29) is 17.8 Å². The SMILES string of the molecule is Cc1sc2ncn(CC(=O)Nc3ccccc3F)c(=O)c2c1C. The van der Waals surface area contributed by atoms with E-state index in [4.69, 9.17) is 0 Å². The van der Waals surface area contributed by atoms with Gasteiger partial charge in [-0.2, -0.15) is 0 Å². The molecule has 0 spiro atoms. The number of para-hydroxylation sites is 1. The molecule has 0 radical (unpaired) electrons. The summed E-state index contributed by atoms with van der Waals surface area (Å²) in [7, 11) is 0. The standard InChI is InChI=1S/C16H14FN3O2S/c1-9-10(2)23-15-14(9)16(22)20(8-18-15)7-13(21)19-12-6-4-3-5-11(12)17/h3-6,8H,7H2,1-2H3,(H,19,21). The minimum atomic E-state index is -0.522. The van der Waals surface area contributed by atoms with E-state index < -0.39 is 11.7 Å². The van der Waals surface area contributed by atoms with Crippen LogP contribution in [0.2, 0.25) is 0 Å². The summed E-state index contributed by atoms with van der Waals surface area (Å²) >= 11 is 1.45. The smallest absolute Gasteiger partial charge is 0.262 e. The van der Waals surface area contributed by atoms with Crippen molar-refractivity contribution >= 4 is 33.1 Å². The maximum atomic E-state index is 13.5. The van der Waals surface area contributed by atoms with Gasteiger partial charge in [0.25, 0.3) is 5.56 Å². The fourth-order valence-corrected chi connectivity index (χ4v) is 3.28. The molecule has 0 unspecified atom stereocenters. The molecule has 0 atom stereocenters. The number of carbonyl (C=O) groups is 1. The molecule has 23 heavy (non-hydrogen) atoms. The molecule has 0 aliphatic heterocycles. The van der Waals surface area contributed by atoms with E-state index in [1.165, 1.54) is 40.4 Å². The summed E-state index contributed by atoms with van der Waals surface area (Å²) in [6.45, 7) is 3.57. The van der Waals surface area contributed by atoms with Gasteiger partial charge in [0.1, 0.15) is 17.2 Å². The Hall–Kier alpha value is -2.54. The number of amides is 1. The van der Waals surface area contributed by atoms with Gasteiger partial charge in [-0.15, -0.1) is 11.3 Å². The van der Waals surface area contributed by atoms with Gasteiger partial charge in [0, 0.05) is 4.88 Å². The number of carbonyl (C=O) groups excluding carboxylic acids is 1. The molecule has 0 fully saturated rings. The highest BCUT2D eigenvalue weighted by molar-refractivity contribution is 7.18. The van der Waals surface area contributed by atoms with Crippen molar-refractivity contribution in [3.8, 4) is 0 Å². The predicted octanol–water partition coefficient (Wildman–Crippen LogP) is 2.85. The number of rotatable bonds is 3. The Labute approximate surface area is 135 Å². The molecule has 1 aromatic carbocycles. The van der Waals surface area contributed by atoms with E-state index in [1.807, 2.05) is 13.8 Å². The van der Waals surface area contributed by atoms with Gasteiger partial charge < -0.3 is 5.32 Å². The first-order valence-electron chi connectivity index (χ1n) is 6.97. The van der Waals surface area contributed by atoms with Gasteiger partial charge >= 0.3 is 0 Å². The van der Waals surface area contributed by atoms with Crippen LogP contribution in [0.5, 0.6) is 0 Å². The molecule has 5 nitrogen and oxygen atoms in total. The molecule has 0 aliphatic carbocycles. The second kappa shape index (κ2) is 5.92. The summed E-state index contributed by atoms with van der Waals surface area (Å²) in [6.07, 6.45) is 1.35. The van der Waals surface area contributed by atoms with Crippen molar-refractivity contribution in [2.24, 2.45) is 0 Å². The second-order valence-electron chi connectivity index (χ2n) is 5.17. The quantitative estimate of drug-likeness (QED) is 0.803. The fourth-order valence-electron chi connectivity index (χ4n) is 2.29. The van der Waals surface area contributed by atoms with Crippen LogP contribution in [0.3, 0.4) is 0 Å². The van der Waals surface area contributed by atoms with Crippen molar-refractivity contribution in [1.29, 1.82) is 0 Å². The number of anilines is 1. The third-order valence-corrected chi connectivity index (χ3v) is 4.73. The van der Waals surface area contributed by atoms with Crippen LogP contribution in [0.1, 0.15) is 10.4 Å². The normalized spacial score (nSPS) is 10.9. The van der Waals surface area contributed by atoms with Crippen molar-refractivity contribution in [3.63, 3.8) is 0 Å². The molecular weight excluding hydrogens is 317 g/mol. The zero-order valence-corrected chi connectivity index (χ0v) is 13.4. The number of halogens is 1. The minimum Gasteiger partial charge on any atom is -0.322 e. The highest BCUT2D eigenvalue weighted by Gasteiger charge is 2.14. The monoisotopic (exact) mass is 331 g/mol. The summed E-state index contributed by atoms with van der Waals surface area (Å²) in [5, 5.41) is 2.99. The lowest BCUT2D eigenvalue weighted by Gasteiger charge is -2.08. The van der Waals surface area contributed by atoms with Crippen LogP contribution in [0.25, 0.3) is 10.2 Å². The molecule has 3 rings (SSSR count). The van der Waals surface area contributed by atoms with Crippen LogP contribution >= 0.6 is 11.3 Å². The van der Waals surface area contributed by atoms with Crippen LogP contribution in [-0.4, -0.2) is 15.5 Å². The topological polar surface area (TPSA) is 64.0 Å². The van der Waals surface area contributed by atoms with Gasteiger partial charge in [-0.05, 0) is 31.5 Å². The van der Waals surface area contributed by atoms with E-state index in [0.29, 0.717) is 10.2 Å². The van der Waals surface area contributed by atoms with Crippen LogP contribution < -0.4 is 10.9 Å². The number of aromatic nitrogens is 2. The summed E-state index contributed by atoms with van der Waals surface area (Å²) < 4.78 is 14.8. The Kier molecular flexibility index (Phi) is 3.96. The fraction of sp³-hybridized carbons (Fsp3) is 0.188. The third kappa shape index (κ3) is 2.87. The minimum absolute atomic E-state index is 0.0853. The van der Waals surface area contributed by atoms with Gasteiger partial charge in [-0.25, -0.2) is 9.37 Å². The second-order valence-corrected chi connectivity index (χ2v) is 6.37. The number of nitrogens with one attached hydrogen (secondary N) is 1. The lowest BCUT2D eigenvalue weighted by Crippen LogP contribution is -2.28. The molecule has 0 aliphatic rings. The molecule has 2 heterocycles. The zero-order chi connectivity index (χ0) is 16.6. The molecule has 0 bridgehead atoms. The number of benzene rings is 1. The number of fused-ring (bicyclic) bond motifs is 1. The number of aryl methyl sites for hydroxylation is 2. The largest absolute Gasteiger partial charge is 0.322 e. The molecule has 118 valence electrons. The summed E-state index contributed by atoms with van der Waals surface area (Å²) in [4.78, 5) is 30.5. The van der Waals surface area contributed by atoms with Crippen molar-refractivity contribution in [3.05, 3.63) is 57.2 Å². The zero-order valence-electron chi connectivity index (χ0n) is 12.6. The van der Waals surface area contributed by atoms with E-state index >= 15 is 0 Å². The molecule has 2 aromatic heterocycles. The molecule has 0 saturated carbocycles. The Morgan fingerprint density at radius 2 is 2.09 bits per heavy atom. The highest BCUT2D eigenvalue weighted by Crippen LogP contribution is 2.25. The van der Waals surface area contributed by atoms with Crippen molar-refractivity contribution in [2.45, 2.75) is 20.4 Å². The predicted molar refractivity (Wildman–Crippen MR) is 88.4 cm³/mol. The number of nitrogens with zero attached hydrogens (tertiary/aromatic N) is 2. The van der Waals surface area contributed by atoms with Gasteiger partial charge in [0.15, 0.2) is 0 Å². The van der Waals surface area contributed by atoms with Crippen LogP contribution in [0.15, 0.2) is 35.4 Å². The number of thiophene rings is 1. The average Bonchev–Trinajstić information content (AvgIpc) is 2.80. The summed E-state index contributed by atoms with van der Waals surface area (Å²) in [5.41, 5.74) is 0.703. The van der Waals surface area contributed by atoms with E-state index in [9.17, 15) is 14.0 Å². The van der Waals surface area contributed by atoms with Gasteiger partial charge in [-0.1, -0.05) is 12.1 Å². The maximum absolute atomic E-state index is 13.5. The lowest BCUT2D eigenvalue weighted by atomic mass is 10.2. The molecule has 3 aromatic rings. The Morgan fingerprint density at radius 1 is 1.35 bits per heavy atom. The van der Waals surface area contributed by atoms with Crippen LogP contribution in [0.4, 0.5) is 10.1 Å². The molecule has 1 amide bonds. The molecule has 1 N–H and O–H groups in total. The third-order valence-electron chi connectivity index (χ3n) is 3.62. The molecule has 7 heteroatoms. The molecular formula is C16H14FN3O2S. The van der Waals surface area contributed by atoms with E-state index in [0.717, 1.165) is 10.4 Å². The Balaban J connectivity index is 1.88. The van der Waals surface area contributed by atoms with Crippen LogP contribution in [0, 0.1) is 19.7 Å². The first-order chi connectivity index (χ1) is 11.0. The van der Waals surface area contributed by atoms with Crippen molar-refractivity contribution in [1.82, 2.24) is 9.55 Å². The van der Waals surface area contributed by atoms with Gasteiger partial charge in [0.2, 0.25) is 5.91 Å². The summed E-state index contributed by atoms with van der Waals surface area (Å²) in [6, 6.07) is 5.88. The summed E-state index contributed by atoms with van der Waals surface area (Å²) in [5.74, 6) is -1.01. The van der Waals surface area contributed by atoms with Crippen LogP contribution in [-0.2, 0) is 11.3 Å². The molecule has 0 saturated heterocycles. The van der Waals surface area contributed by atoms with E-state index in [2.05, 4.69) is 10.3 Å². The highest BCUT2D eigenvalue weighted by atomic mass is 32.1.